The van der Waals surface area contributed by atoms with Crippen molar-refractivity contribution >= 4 is 22.9 Å². The molecule has 0 saturated carbocycles. The molecule has 0 aliphatic rings. The van der Waals surface area contributed by atoms with Crippen LogP contribution in [0.1, 0.15) is 5.56 Å². The van der Waals surface area contributed by atoms with Gasteiger partial charge in [0.05, 0.1) is 0 Å². The molecule has 56 valence electrons. The number of halogens is 1. The highest BCUT2D eigenvalue weighted by molar-refractivity contribution is 6.66. The first-order valence-corrected chi connectivity index (χ1v) is 3.29. The summed E-state index contributed by atoms with van der Waals surface area (Å²) in [5.41, 5.74) is 0.751. The third-order valence-corrected chi connectivity index (χ3v) is 1.11. The maximum absolute atomic E-state index is 10.3. The van der Waals surface area contributed by atoms with Crippen LogP contribution in [0.2, 0.25) is 0 Å². The minimum Gasteiger partial charge on any atom is -0.276 e. The molecule has 0 unspecified atom stereocenters. The van der Waals surface area contributed by atoms with Crippen LogP contribution in [-0.2, 0) is 4.79 Å². The van der Waals surface area contributed by atoms with Crippen molar-refractivity contribution in [3.63, 3.8) is 0 Å². The maximum Gasteiger partial charge on any atom is 0.245 e. The van der Waals surface area contributed by atoms with Gasteiger partial charge in [0.2, 0.25) is 5.24 Å². The Kier molecular flexibility index (Phi) is 2.74. The van der Waals surface area contributed by atoms with E-state index in [1.165, 1.54) is 12.4 Å². The lowest BCUT2D eigenvalue weighted by Crippen LogP contribution is -1.80. The molecule has 0 saturated heterocycles. The zero-order valence-electron chi connectivity index (χ0n) is 5.57. The van der Waals surface area contributed by atoms with Crippen molar-refractivity contribution in [2.45, 2.75) is 0 Å². The normalized spacial score (nSPS) is 10.3. The van der Waals surface area contributed by atoms with E-state index in [4.69, 9.17) is 11.6 Å². The zero-order chi connectivity index (χ0) is 8.10. The van der Waals surface area contributed by atoms with Gasteiger partial charge in [0.15, 0.2) is 0 Å². The zero-order valence-corrected chi connectivity index (χ0v) is 6.32. The second kappa shape index (κ2) is 3.83. The number of hydrogen-bond acceptors (Lipinski definition) is 3. The van der Waals surface area contributed by atoms with Gasteiger partial charge in [-0.2, -0.15) is 0 Å². The van der Waals surface area contributed by atoms with Gasteiger partial charge < -0.3 is 0 Å². The van der Waals surface area contributed by atoms with Crippen molar-refractivity contribution in [1.82, 2.24) is 9.97 Å². The third kappa shape index (κ3) is 2.91. The van der Waals surface area contributed by atoms with Gasteiger partial charge in [0.25, 0.3) is 0 Å². The average Bonchev–Trinajstić information content (AvgIpc) is 2.03. The van der Waals surface area contributed by atoms with Crippen LogP contribution >= 0.6 is 11.6 Å². The molecule has 0 aliphatic carbocycles. The van der Waals surface area contributed by atoms with Crippen molar-refractivity contribution in [3.8, 4) is 0 Å². The Morgan fingerprint density at radius 3 is 2.64 bits per heavy atom. The van der Waals surface area contributed by atoms with Crippen LogP contribution in [0.4, 0.5) is 0 Å². The molecular formula is C7H5ClN2O. The first-order chi connectivity index (χ1) is 5.29. The van der Waals surface area contributed by atoms with Crippen molar-refractivity contribution in [3.05, 3.63) is 30.4 Å². The second-order valence-corrected chi connectivity index (χ2v) is 2.18. The maximum atomic E-state index is 10.3. The fourth-order valence-electron chi connectivity index (χ4n) is 0.558. The molecule has 0 fully saturated rings. The quantitative estimate of drug-likeness (QED) is 0.493. The predicted molar refractivity (Wildman–Crippen MR) is 41.9 cm³/mol. The van der Waals surface area contributed by atoms with Gasteiger partial charge in [-0.1, -0.05) is 0 Å². The van der Waals surface area contributed by atoms with E-state index in [0.717, 1.165) is 5.56 Å². The molecule has 4 heteroatoms. The Hall–Kier alpha value is -1.22. The van der Waals surface area contributed by atoms with Crippen molar-refractivity contribution in [1.29, 1.82) is 0 Å². The van der Waals surface area contributed by atoms with E-state index in [1.54, 1.807) is 18.5 Å². The van der Waals surface area contributed by atoms with Crippen LogP contribution in [0.15, 0.2) is 24.8 Å². The average molecular weight is 169 g/mol. The van der Waals surface area contributed by atoms with E-state index < -0.39 is 5.24 Å². The van der Waals surface area contributed by atoms with Crippen LogP contribution in [0.25, 0.3) is 6.08 Å². The van der Waals surface area contributed by atoms with Crippen molar-refractivity contribution < 1.29 is 4.79 Å². The fourth-order valence-corrected chi connectivity index (χ4v) is 0.621. The molecule has 0 spiro atoms. The SMILES string of the molecule is O=C(Cl)/C=C/c1cncnc1. The Morgan fingerprint density at radius 2 is 2.09 bits per heavy atom. The molecule has 0 amide bonds. The first kappa shape index (κ1) is 7.88. The van der Waals surface area contributed by atoms with Crippen LogP contribution in [-0.4, -0.2) is 15.2 Å². The van der Waals surface area contributed by atoms with E-state index in [-0.39, 0.29) is 0 Å². The highest BCUT2D eigenvalue weighted by atomic mass is 35.5. The van der Waals surface area contributed by atoms with Gasteiger partial charge in [-0.05, 0) is 23.8 Å². The van der Waals surface area contributed by atoms with Crippen LogP contribution < -0.4 is 0 Å². The van der Waals surface area contributed by atoms with Gasteiger partial charge >= 0.3 is 0 Å². The largest absolute Gasteiger partial charge is 0.276 e. The summed E-state index contributed by atoms with van der Waals surface area (Å²) in [5, 5.41) is -0.506. The monoisotopic (exact) mass is 168 g/mol. The molecule has 3 nitrogen and oxygen atoms in total. The van der Waals surface area contributed by atoms with E-state index >= 15 is 0 Å². The summed E-state index contributed by atoms with van der Waals surface area (Å²) in [6.07, 6.45) is 7.39. The Morgan fingerprint density at radius 1 is 1.45 bits per heavy atom. The second-order valence-electron chi connectivity index (χ2n) is 1.81. The number of nitrogens with zero attached hydrogens (tertiary/aromatic N) is 2. The van der Waals surface area contributed by atoms with Gasteiger partial charge in [-0.3, -0.25) is 4.79 Å². The van der Waals surface area contributed by atoms with E-state index in [2.05, 4.69) is 9.97 Å². The Balaban J connectivity index is 2.72. The number of rotatable bonds is 2. The van der Waals surface area contributed by atoms with E-state index in [1.807, 2.05) is 0 Å². The molecule has 0 aliphatic heterocycles. The number of carbonyl (C=O) groups excluding carboxylic acids is 1. The molecule has 1 heterocycles. The van der Waals surface area contributed by atoms with Gasteiger partial charge in [0, 0.05) is 18.0 Å². The highest BCUT2D eigenvalue weighted by Gasteiger charge is 1.87. The first-order valence-electron chi connectivity index (χ1n) is 2.91. The lowest BCUT2D eigenvalue weighted by atomic mass is 10.3. The van der Waals surface area contributed by atoms with Crippen LogP contribution in [0.5, 0.6) is 0 Å². The smallest absolute Gasteiger partial charge is 0.245 e. The lowest BCUT2D eigenvalue weighted by molar-refractivity contribution is -0.107. The number of allylic oxidation sites excluding steroid dienone is 1. The summed E-state index contributed by atoms with van der Waals surface area (Å²) in [7, 11) is 0. The van der Waals surface area contributed by atoms with Crippen LogP contribution in [0, 0.1) is 0 Å². The van der Waals surface area contributed by atoms with E-state index in [9.17, 15) is 4.79 Å². The predicted octanol–water partition coefficient (Wildman–Crippen LogP) is 1.26. The van der Waals surface area contributed by atoms with Gasteiger partial charge in [0.1, 0.15) is 6.33 Å². The summed E-state index contributed by atoms with van der Waals surface area (Å²) in [6, 6.07) is 0. The van der Waals surface area contributed by atoms with Crippen LogP contribution in [0.3, 0.4) is 0 Å². The molecule has 0 atom stereocenters. The van der Waals surface area contributed by atoms with Crippen molar-refractivity contribution in [2.75, 3.05) is 0 Å². The Labute approximate surface area is 68.7 Å². The molecule has 0 radical (unpaired) electrons. The van der Waals surface area contributed by atoms with Crippen molar-refractivity contribution in [2.24, 2.45) is 0 Å². The lowest BCUT2D eigenvalue weighted by Gasteiger charge is -1.86. The minimum atomic E-state index is -0.506. The standard InChI is InChI=1S/C7H5ClN2O/c8-7(11)2-1-6-3-9-5-10-4-6/h1-5H/b2-1+. The topological polar surface area (TPSA) is 42.9 Å². The molecule has 0 bridgehead atoms. The van der Waals surface area contributed by atoms with Gasteiger partial charge in [-0.25, -0.2) is 9.97 Å². The highest BCUT2D eigenvalue weighted by Crippen LogP contribution is 1.96. The Bertz CT molecular complexity index is 271. The number of hydrogen-bond donors (Lipinski definition) is 0. The number of carbonyl (C=O) groups is 1. The molecule has 0 N–H and O–H groups in total. The summed E-state index contributed by atoms with van der Waals surface area (Å²) in [5.74, 6) is 0. The summed E-state index contributed by atoms with van der Waals surface area (Å²) in [4.78, 5) is 17.7. The molecule has 1 aromatic heterocycles. The fraction of sp³-hybridized carbons (Fsp3) is 0. The summed E-state index contributed by atoms with van der Waals surface area (Å²) < 4.78 is 0. The molecule has 1 rings (SSSR count). The number of aromatic nitrogens is 2. The molecule has 0 aromatic carbocycles. The summed E-state index contributed by atoms with van der Waals surface area (Å²) >= 11 is 5.06. The third-order valence-electron chi connectivity index (χ3n) is 0.987. The van der Waals surface area contributed by atoms with Gasteiger partial charge in [-0.15, -0.1) is 0 Å². The molecule has 1 aromatic rings. The molecule has 11 heavy (non-hydrogen) atoms. The molecular weight excluding hydrogens is 164 g/mol. The minimum absolute atomic E-state index is 0.506. The van der Waals surface area contributed by atoms with E-state index in [0.29, 0.717) is 0 Å². The summed E-state index contributed by atoms with van der Waals surface area (Å²) in [6.45, 7) is 0.